The highest BCUT2D eigenvalue weighted by atomic mass is 32.1. The first-order valence-corrected chi connectivity index (χ1v) is 6.75. The largest absolute Gasteiger partial charge is 0.360 e. The summed E-state index contributed by atoms with van der Waals surface area (Å²) in [5.41, 5.74) is -0.818. The molecule has 2 heterocycles. The molecule has 0 radical (unpaired) electrons. The van der Waals surface area contributed by atoms with E-state index in [1.807, 2.05) is 0 Å². The molecule has 1 N–H and O–H groups in total. The van der Waals surface area contributed by atoms with Crippen LogP contribution in [0.4, 0.5) is 18.3 Å². The first kappa shape index (κ1) is 13.3. The number of benzene rings is 1. The number of nitrogens with zero attached hydrogens (tertiary/aromatic N) is 2. The molecule has 1 aliphatic heterocycles. The molecule has 0 bridgehead atoms. The Labute approximate surface area is 119 Å². The normalized spacial score (nSPS) is 14.9. The monoisotopic (exact) mass is 317 g/mol. The van der Waals surface area contributed by atoms with E-state index in [0.717, 1.165) is 11.3 Å². The third-order valence-corrected chi connectivity index (χ3v) is 4.29. The van der Waals surface area contributed by atoms with Crippen LogP contribution in [0.3, 0.4) is 0 Å². The van der Waals surface area contributed by atoms with Gasteiger partial charge in [-0.05, 0) is 18.3 Å². The van der Waals surface area contributed by atoms with Crippen LogP contribution < -0.4 is 15.8 Å². The Balaban J connectivity index is 2.28. The average Bonchev–Trinajstić information content (AvgIpc) is 2.83. The second-order valence-electron chi connectivity index (χ2n) is 4.05. The van der Waals surface area contributed by atoms with Crippen molar-refractivity contribution in [1.82, 2.24) is 10.3 Å². The molecule has 1 fully saturated rings. The maximum absolute atomic E-state index is 13.8. The summed E-state index contributed by atoms with van der Waals surface area (Å²) in [6.45, 7) is 1.04. The van der Waals surface area contributed by atoms with Crippen LogP contribution in [-0.4, -0.2) is 23.2 Å². The topological polar surface area (TPSA) is 45.2 Å². The summed E-state index contributed by atoms with van der Waals surface area (Å²) in [6, 6.07) is 0.657. The van der Waals surface area contributed by atoms with Crippen molar-refractivity contribution < 1.29 is 13.2 Å². The van der Waals surface area contributed by atoms with Gasteiger partial charge in [-0.15, -0.1) is 0 Å². The SMILES string of the molecule is O=c1nc(N2CCNC2=S)sc2c(F)c(F)c(F)cc12. The van der Waals surface area contributed by atoms with Crippen LogP contribution in [0.15, 0.2) is 10.9 Å². The number of hydrogen-bond donors (Lipinski definition) is 1. The Hall–Kier alpha value is -1.74. The van der Waals surface area contributed by atoms with Crippen LogP contribution in [0, 0.1) is 17.5 Å². The van der Waals surface area contributed by atoms with Gasteiger partial charge in [-0.1, -0.05) is 11.3 Å². The van der Waals surface area contributed by atoms with Crippen molar-refractivity contribution in [2.75, 3.05) is 18.0 Å². The lowest BCUT2D eigenvalue weighted by molar-refractivity contribution is 0.454. The molecule has 3 rings (SSSR count). The number of thiocarbonyl (C=S) groups is 1. The van der Waals surface area contributed by atoms with Gasteiger partial charge in [-0.25, -0.2) is 13.2 Å². The Morgan fingerprint density at radius 1 is 1.35 bits per heavy atom. The van der Waals surface area contributed by atoms with Gasteiger partial charge in [0.15, 0.2) is 27.7 Å². The molecule has 0 amide bonds. The predicted octanol–water partition coefficient (Wildman–Crippen LogP) is 1.77. The van der Waals surface area contributed by atoms with Gasteiger partial charge in [0.25, 0.3) is 5.56 Å². The third-order valence-electron chi connectivity index (χ3n) is 2.83. The fourth-order valence-corrected chi connectivity index (χ4v) is 3.24. The standard InChI is InChI=1S/C11H6F3N3OS2/c12-5-3-4-8(7(14)6(5)13)20-11(16-9(4)18)17-2-1-15-10(17)19/h3H,1-2H2,(H,15,19). The van der Waals surface area contributed by atoms with Crippen molar-refractivity contribution in [2.45, 2.75) is 0 Å². The molecule has 104 valence electrons. The number of fused-ring (bicyclic) bond motifs is 1. The number of anilines is 1. The molecule has 2 aromatic rings. The van der Waals surface area contributed by atoms with E-state index in [-0.39, 0.29) is 15.2 Å². The van der Waals surface area contributed by atoms with Gasteiger partial charge in [-0.3, -0.25) is 9.69 Å². The number of nitrogens with one attached hydrogen (secondary N) is 1. The Bertz CT molecular complexity index is 793. The molecular weight excluding hydrogens is 311 g/mol. The molecule has 0 saturated carbocycles. The number of rotatable bonds is 1. The summed E-state index contributed by atoms with van der Waals surface area (Å²) in [5, 5.41) is 3.09. The van der Waals surface area contributed by atoms with E-state index in [4.69, 9.17) is 12.2 Å². The minimum absolute atomic E-state index is 0.155. The van der Waals surface area contributed by atoms with Gasteiger partial charge < -0.3 is 5.32 Å². The zero-order chi connectivity index (χ0) is 14.4. The molecule has 1 aromatic heterocycles. The number of halogens is 3. The third kappa shape index (κ3) is 1.93. The van der Waals surface area contributed by atoms with Crippen LogP contribution >= 0.6 is 23.6 Å². The molecule has 1 saturated heterocycles. The molecule has 0 unspecified atom stereocenters. The fraction of sp³-hybridized carbons (Fsp3) is 0.182. The molecule has 0 aliphatic carbocycles. The van der Waals surface area contributed by atoms with Crippen LogP contribution in [-0.2, 0) is 0 Å². The molecule has 1 aliphatic rings. The van der Waals surface area contributed by atoms with Gasteiger partial charge in [0.1, 0.15) is 0 Å². The van der Waals surface area contributed by atoms with Gasteiger partial charge >= 0.3 is 0 Å². The molecule has 0 atom stereocenters. The number of hydrogen-bond acceptors (Lipinski definition) is 4. The lowest BCUT2D eigenvalue weighted by atomic mass is 10.2. The smallest absolute Gasteiger partial charge is 0.281 e. The van der Waals surface area contributed by atoms with Gasteiger partial charge in [0, 0.05) is 13.1 Å². The Morgan fingerprint density at radius 2 is 2.10 bits per heavy atom. The second kappa shape index (κ2) is 4.67. The van der Waals surface area contributed by atoms with Crippen LogP contribution in [0.2, 0.25) is 0 Å². The van der Waals surface area contributed by atoms with Gasteiger partial charge in [0.2, 0.25) is 0 Å². The molecule has 1 aromatic carbocycles. The molecule has 4 nitrogen and oxygen atoms in total. The summed E-state index contributed by atoms with van der Waals surface area (Å²) in [7, 11) is 0. The molecule has 9 heteroatoms. The van der Waals surface area contributed by atoms with Crippen molar-refractivity contribution >= 4 is 43.9 Å². The zero-order valence-electron chi connectivity index (χ0n) is 9.74. The summed E-state index contributed by atoms with van der Waals surface area (Å²) in [5.74, 6) is -4.40. The quantitative estimate of drug-likeness (QED) is 0.641. The van der Waals surface area contributed by atoms with E-state index in [9.17, 15) is 18.0 Å². The van der Waals surface area contributed by atoms with E-state index in [0.29, 0.717) is 24.3 Å². The van der Waals surface area contributed by atoms with Crippen molar-refractivity contribution in [1.29, 1.82) is 0 Å². The minimum atomic E-state index is -1.60. The van der Waals surface area contributed by atoms with Crippen LogP contribution in [0.5, 0.6) is 0 Å². The fourth-order valence-electron chi connectivity index (χ4n) is 1.87. The maximum Gasteiger partial charge on any atom is 0.281 e. The minimum Gasteiger partial charge on any atom is -0.360 e. The van der Waals surface area contributed by atoms with Crippen molar-refractivity contribution in [3.63, 3.8) is 0 Å². The van der Waals surface area contributed by atoms with E-state index in [1.54, 1.807) is 0 Å². The summed E-state index contributed by atoms with van der Waals surface area (Å²) < 4.78 is 39.9. The van der Waals surface area contributed by atoms with E-state index < -0.39 is 23.0 Å². The molecule has 20 heavy (non-hydrogen) atoms. The van der Waals surface area contributed by atoms with Crippen molar-refractivity contribution in [2.24, 2.45) is 0 Å². The Morgan fingerprint density at radius 3 is 2.75 bits per heavy atom. The average molecular weight is 317 g/mol. The highest BCUT2D eigenvalue weighted by molar-refractivity contribution is 7.80. The lowest BCUT2D eigenvalue weighted by Gasteiger charge is -2.14. The van der Waals surface area contributed by atoms with Gasteiger partial charge in [-0.2, -0.15) is 4.98 Å². The van der Waals surface area contributed by atoms with Crippen LogP contribution in [0.1, 0.15) is 0 Å². The molecule has 0 spiro atoms. The van der Waals surface area contributed by atoms with Gasteiger partial charge in [0.05, 0.1) is 10.1 Å². The first-order chi connectivity index (χ1) is 9.49. The van der Waals surface area contributed by atoms with Crippen molar-refractivity contribution in [3.8, 4) is 0 Å². The van der Waals surface area contributed by atoms with E-state index in [2.05, 4.69) is 10.3 Å². The maximum atomic E-state index is 13.8. The van der Waals surface area contributed by atoms with E-state index in [1.165, 1.54) is 4.90 Å². The zero-order valence-corrected chi connectivity index (χ0v) is 11.4. The summed E-state index contributed by atoms with van der Waals surface area (Å²) in [6.07, 6.45) is 0. The van der Waals surface area contributed by atoms with Crippen LogP contribution in [0.25, 0.3) is 10.1 Å². The lowest BCUT2D eigenvalue weighted by Crippen LogP contribution is -2.29. The Kier molecular flexibility index (Phi) is 3.09. The first-order valence-electron chi connectivity index (χ1n) is 5.53. The van der Waals surface area contributed by atoms with Crippen molar-refractivity contribution in [3.05, 3.63) is 33.9 Å². The number of aromatic nitrogens is 1. The highest BCUT2D eigenvalue weighted by Gasteiger charge is 2.23. The highest BCUT2D eigenvalue weighted by Crippen LogP contribution is 2.29. The molecular formula is C11H6F3N3OS2. The predicted molar refractivity (Wildman–Crippen MR) is 73.7 cm³/mol. The second-order valence-corrected chi connectivity index (χ2v) is 5.41. The summed E-state index contributed by atoms with van der Waals surface area (Å²) >= 11 is 5.78. The summed E-state index contributed by atoms with van der Waals surface area (Å²) in [4.78, 5) is 17.1. The van der Waals surface area contributed by atoms with E-state index >= 15 is 0 Å².